The van der Waals surface area contributed by atoms with Crippen molar-refractivity contribution in [3.8, 4) is 16.9 Å². The predicted molar refractivity (Wildman–Crippen MR) is 86.6 cm³/mol. The van der Waals surface area contributed by atoms with E-state index in [0.29, 0.717) is 6.04 Å². The second-order valence-corrected chi connectivity index (χ2v) is 5.54. The topological polar surface area (TPSA) is 39.1 Å². The van der Waals surface area contributed by atoms with Gasteiger partial charge >= 0.3 is 0 Å². The average Bonchev–Trinajstić information content (AvgIpc) is 2.85. The summed E-state index contributed by atoms with van der Waals surface area (Å²) in [5, 5.41) is 8.03. The van der Waals surface area contributed by atoms with Crippen LogP contribution in [0.15, 0.2) is 24.4 Å². The highest BCUT2D eigenvalue weighted by Gasteiger charge is 2.12. The highest BCUT2D eigenvalue weighted by molar-refractivity contribution is 5.70. The molecule has 2 aromatic rings. The SMILES string of the molecule is CCn1cc(-c2ccc(OC)cc2CNC(C)C)c(C)n1. The molecule has 0 unspecified atom stereocenters. The third-order valence-corrected chi connectivity index (χ3v) is 3.57. The number of nitrogens with one attached hydrogen (secondary N) is 1. The second kappa shape index (κ2) is 6.76. The van der Waals surface area contributed by atoms with Gasteiger partial charge < -0.3 is 10.1 Å². The lowest BCUT2D eigenvalue weighted by atomic mass is 9.99. The van der Waals surface area contributed by atoms with Gasteiger partial charge in [0, 0.05) is 30.9 Å². The summed E-state index contributed by atoms with van der Waals surface area (Å²) in [5.41, 5.74) is 4.72. The smallest absolute Gasteiger partial charge is 0.119 e. The number of rotatable bonds is 6. The van der Waals surface area contributed by atoms with Gasteiger partial charge in [0.05, 0.1) is 12.8 Å². The highest BCUT2D eigenvalue weighted by atomic mass is 16.5. The standard InChI is InChI=1S/C17H25N3O/c1-6-20-11-17(13(4)19-20)16-8-7-15(21-5)9-14(16)10-18-12(2)3/h7-9,11-12,18H,6,10H2,1-5H3. The first kappa shape index (κ1) is 15.6. The van der Waals surface area contributed by atoms with E-state index in [9.17, 15) is 0 Å². The minimum absolute atomic E-state index is 0.448. The number of aromatic nitrogens is 2. The Labute approximate surface area is 127 Å². The van der Waals surface area contributed by atoms with E-state index >= 15 is 0 Å². The van der Waals surface area contributed by atoms with Crippen LogP contribution in [0.2, 0.25) is 0 Å². The van der Waals surface area contributed by atoms with Gasteiger partial charge in [-0.15, -0.1) is 0 Å². The summed E-state index contributed by atoms with van der Waals surface area (Å²) in [6.07, 6.45) is 2.12. The summed E-state index contributed by atoms with van der Waals surface area (Å²) in [7, 11) is 1.70. The summed E-state index contributed by atoms with van der Waals surface area (Å²) < 4.78 is 7.34. The molecule has 21 heavy (non-hydrogen) atoms. The van der Waals surface area contributed by atoms with E-state index in [1.165, 1.54) is 16.7 Å². The first-order chi connectivity index (χ1) is 10.0. The Morgan fingerprint density at radius 2 is 2.05 bits per heavy atom. The number of hydrogen-bond donors (Lipinski definition) is 1. The summed E-state index contributed by atoms with van der Waals surface area (Å²) in [4.78, 5) is 0. The Hall–Kier alpha value is -1.81. The third-order valence-electron chi connectivity index (χ3n) is 3.57. The van der Waals surface area contributed by atoms with E-state index in [0.717, 1.165) is 24.5 Å². The Morgan fingerprint density at radius 1 is 1.29 bits per heavy atom. The van der Waals surface area contributed by atoms with Crippen molar-refractivity contribution in [1.82, 2.24) is 15.1 Å². The lowest BCUT2D eigenvalue weighted by Crippen LogP contribution is -2.22. The zero-order chi connectivity index (χ0) is 15.4. The lowest BCUT2D eigenvalue weighted by Gasteiger charge is -2.14. The summed E-state index contributed by atoms with van der Waals surface area (Å²) in [6, 6.07) is 6.69. The molecule has 0 fully saturated rings. The molecule has 0 aliphatic rings. The molecule has 0 amide bonds. The van der Waals surface area contributed by atoms with E-state index in [1.54, 1.807) is 7.11 Å². The molecule has 0 saturated heterocycles. The van der Waals surface area contributed by atoms with Crippen LogP contribution >= 0.6 is 0 Å². The first-order valence-corrected chi connectivity index (χ1v) is 7.49. The normalized spacial score (nSPS) is 11.1. The Kier molecular flexibility index (Phi) is 5.02. The van der Waals surface area contributed by atoms with Crippen LogP contribution in [0, 0.1) is 6.92 Å². The average molecular weight is 287 g/mol. The van der Waals surface area contributed by atoms with Gasteiger partial charge in [-0.1, -0.05) is 19.9 Å². The molecule has 1 aromatic heterocycles. The molecule has 0 radical (unpaired) electrons. The molecule has 0 saturated carbocycles. The number of methoxy groups -OCH3 is 1. The van der Waals surface area contributed by atoms with Crippen molar-refractivity contribution in [2.75, 3.05) is 7.11 Å². The molecular formula is C17H25N3O. The largest absolute Gasteiger partial charge is 0.497 e. The summed E-state index contributed by atoms with van der Waals surface area (Å²) in [5.74, 6) is 0.889. The molecule has 0 aliphatic heterocycles. The Bertz CT molecular complexity index is 602. The number of nitrogens with zero attached hydrogens (tertiary/aromatic N) is 2. The van der Waals surface area contributed by atoms with Crippen LogP contribution in [0.5, 0.6) is 5.75 Å². The molecule has 0 spiro atoms. The quantitative estimate of drug-likeness (QED) is 0.885. The van der Waals surface area contributed by atoms with Crippen molar-refractivity contribution in [3.63, 3.8) is 0 Å². The third kappa shape index (κ3) is 3.64. The maximum Gasteiger partial charge on any atom is 0.119 e. The minimum atomic E-state index is 0.448. The summed E-state index contributed by atoms with van der Waals surface area (Å²) >= 11 is 0. The van der Waals surface area contributed by atoms with Crippen LogP contribution in [0.25, 0.3) is 11.1 Å². The molecule has 4 nitrogen and oxygen atoms in total. The number of benzene rings is 1. The highest BCUT2D eigenvalue weighted by Crippen LogP contribution is 2.29. The van der Waals surface area contributed by atoms with Gasteiger partial charge in [-0.05, 0) is 37.1 Å². The van der Waals surface area contributed by atoms with Gasteiger partial charge in [-0.25, -0.2) is 0 Å². The molecule has 114 valence electrons. The van der Waals surface area contributed by atoms with Crippen LogP contribution < -0.4 is 10.1 Å². The second-order valence-electron chi connectivity index (χ2n) is 5.54. The van der Waals surface area contributed by atoms with Gasteiger partial charge in [-0.3, -0.25) is 4.68 Å². The Morgan fingerprint density at radius 3 is 2.62 bits per heavy atom. The number of hydrogen-bond acceptors (Lipinski definition) is 3. The van der Waals surface area contributed by atoms with Crippen LogP contribution in [-0.2, 0) is 13.1 Å². The number of ether oxygens (including phenoxy) is 1. The molecule has 1 heterocycles. The van der Waals surface area contributed by atoms with Crippen molar-refractivity contribution in [3.05, 3.63) is 35.7 Å². The van der Waals surface area contributed by atoms with Crippen molar-refractivity contribution in [2.45, 2.75) is 46.8 Å². The van der Waals surface area contributed by atoms with E-state index in [1.807, 2.05) is 10.7 Å². The monoisotopic (exact) mass is 287 g/mol. The molecule has 4 heteroatoms. The van der Waals surface area contributed by atoms with Gasteiger partial charge in [0.1, 0.15) is 5.75 Å². The van der Waals surface area contributed by atoms with Crippen molar-refractivity contribution in [2.24, 2.45) is 0 Å². The van der Waals surface area contributed by atoms with Gasteiger partial charge in [0.15, 0.2) is 0 Å². The molecule has 1 aromatic carbocycles. The zero-order valence-corrected chi connectivity index (χ0v) is 13.6. The fourth-order valence-corrected chi connectivity index (χ4v) is 2.36. The number of aryl methyl sites for hydroxylation is 2. The van der Waals surface area contributed by atoms with Crippen LogP contribution in [-0.4, -0.2) is 22.9 Å². The zero-order valence-electron chi connectivity index (χ0n) is 13.6. The molecule has 0 aliphatic carbocycles. The van der Waals surface area contributed by atoms with Crippen molar-refractivity contribution >= 4 is 0 Å². The van der Waals surface area contributed by atoms with Crippen molar-refractivity contribution < 1.29 is 4.74 Å². The molecule has 2 rings (SSSR count). The van der Waals surface area contributed by atoms with Gasteiger partial charge in [-0.2, -0.15) is 5.10 Å². The van der Waals surface area contributed by atoms with Gasteiger partial charge in [0.25, 0.3) is 0 Å². The van der Waals surface area contributed by atoms with E-state index < -0.39 is 0 Å². The van der Waals surface area contributed by atoms with Crippen LogP contribution in [0.4, 0.5) is 0 Å². The van der Waals surface area contributed by atoms with Gasteiger partial charge in [0.2, 0.25) is 0 Å². The maximum absolute atomic E-state index is 5.36. The van der Waals surface area contributed by atoms with Crippen LogP contribution in [0.3, 0.4) is 0 Å². The fraction of sp³-hybridized carbons (Fsp3) is 0.471. The minimum Gasteiger partial charge on any atom is -0.497 e. The summed E-state index contributed by atoms with van der Waals surface area (Å²) in [6.45, 7) is 10.2. The van der Waals surface area contributed by atoms with E-state index in [2.05, 4.69) is 56.4 Å². The van der Waals surface area contributed by atoms with Crippen LogP contribution in [0.1, 0.15) is 32.0 Å². The predicted octanol–water partition coefficient (Wildman–Crippen LogP) is 3.39. The van der Waals surface area contributed by atoms with Crippen molar-refractivity contribution in [1.29, 1.82) is 0 Å². The molecular weight excluding hydrogens is 262 g/mol. The van der Waals surface area contributed by atoms with E-state index in [-0.39, 0.29) is 0 Å². The first-order valence-electron chi connectivity index (χ1n) is 7.49. The molecule has 0 atom stereocenters. The fourth-order valence-electron chi connectivity index (χ4n) is 2.36. The lowest BCUT2D eigenvalue weighted by molar-refractivity contribution is 0.414. The Balaban J connectivity index is 2.42. The molecule has 0 bridgehead atoms. The maximum atomic E-state index is 5.36. The molecule has 1 N–H and O–H groups in total. The van der Waals surface area contributed by atoms with E-state index in [4.69, 9.17) is 4.74 Å².